The Labute approximate surface area is 179 Å². The summed E-state index contributed by atoms with van der Waals surface area (Å²) < 4.78 is 18.5. The van der Waals surface area contributed by atoms with Gasteiger partial charge < -0.3 is 14.2 Å². The highest BCUT2D eigenvalue weighted by Gasteiger charge is 2.62. The highest BCUT2D eigenvalue weighted by atomic mass is 16.7. The fraction of sp³-hybridized carbons (Fsp3) is 0.481. The van der Waals surface area contributed by atoms with Gasteiger partial charge in [-0.1, -0.05) is 49.4 Å². The lowest BCUT2D eigenvalue weighted by Gasteiger charge is -2.52. The van der Waals surface area contributed by atoms with Crippen LogP contribution in [0.25, 0.3) is 0 Å². The van der Waals surface area contributed by atoms with Gasteiger partial charge in [-0.05, 0) is 78.3 Å². The van der Waals surface area contributed by atoms with E-state index in [0.29, 0.717) is 24.4 Å². The third-order valence-corrected chi connectivity index (χ3v) is 8.23. The number of aryl methyl sites for hydroxylation is 1. The minimum atomic E-state index is -0.474. The van der Waals surface area contributed by atoms with Gasteiger partial charge in [0.15, 0.2) is 5.79 Å². The maximum Gasteiger partial charge on any atom is 0.193 e. The molecule has 4 atom stereocenters. The minimum absolute atomic E-state index is 0.0703. The van der Waals surface area contributed by atoms with E-state index in [0.717, 1.165) is 31.8 Å². The number of hydrogen-bond acceptors (Lipinski definition) is 3. The van der Waals surface area contributed by atoms with Gasteiger partial charge in [-0.2, -0.15) is 0 Å². The van der Waals surface area contributed by atoms with Gasteiger partial charge in [0.05, 0.1) is 13.2 Å². The molecule has 2 aromatic carbocycles. The summed E-state index contributed by atoms with van der Waals surface area (Å²) >= 11 is 0. The summed E-state index contributed by atoms with van der Waals surface area (Å²) in [5.74, 6) is 2.37. The lowest BCUT2D eigenvalue weighted by atomic mass is 9.54. The molecule has 3 aliphatic carbocycles. The first kappa shape index (κ1) is 18.7. The number of allylic oxidation sites excluding steroid dienone is 1. The maximum absolute atomic E-state index is 6.18. The molecule has 0 bridgehead atoms. The minimum Gasteiger partial charge on any atom is -0.489 e. The summed E-state index contributed by atoms with van der Waals surface area (Å²) in [7, 11) is 0. The van der Waals surface area contributed by atoms with Crippen molar-refractivity contribution >= 4 is 0 Å². The first-order valence-corrected chi connectivity index (χ1v) is 11.5. The highest BCUT2D eigenvalue weighted by molar-refractivity contribution is 5.42. The fourth-order valence-corrected chi connectivity index (χ4v) is 6.68. The summed E-state index contributed by atoms with van der Waals surface area (Å²) in [5, 5.41) is 0. The lowest BCUT2D eigenvalue weighted by Crippen LogP contribution is -2.52. The van der Waals surface area contributed by atoms with Crippen molar-refractivity contribution in [1.82, 2.24) is 0 Å². The lowest BCUT2D eigenvalue weighted by molar-refractivity contribution is -0.215. The van der Waals surface area contributed by atoms with Crippen LogP contribution in [-0.2, 0) is 22.5 Å². The van der Waals surface area contributed by atoms with E-state index < -0.39 is 5.79 Å². The predicted octanol–water partition coefficient (Wildman–Crippen LogP) is 5.64. The van der Waals surface area contributed by atoms with Gasteiger partial charge in [-0.25, -0.2) is 0 Å². The van der Waals surface area contributed by atoms with Crippen LogP contribution in [0.4, 0.5) is 0 Å². The molecular weight excluding hydrogens is 372 g/mol. The van der Waals surface area contributed by atoms with Crippen LogP contribution >= 0.6 is 0 Å². The van der Waals surface area contributed by atoms with Crippen LogP contribution in [0.15, 0.2) is 60.7 Å². The van der Waals surface area contributed by atoms with Crippen LogP contribution in [0.1, 0.15) is 48.8 Å². The van der Waals surface area contributed by atoms with Crippen molar-refractivity contribution in [2.45, 2.75) is 50.9 Å². The normalized spacial score (nSPS) is 33.2. The standard InChI is InChI=1S/C27H30O3/c1-26-13-11-23-22-10-8-21(28-18-19-5-3-2-4-6-19)17-20(22)7-9-24(23)25(26)12-14-27(26)29-15-16-30-27/h2-6,8,10,12,14,17,23-25H,7,9,11,13,15-16,18H2,1H3/t23-,24-,25+,26+/m1/s1. The monoisotopic (exact) mass is 402 g/mol. The van der Waals surface area contributed by atoms with Crippen molar-refractivity contribution in [3.8, 4) is 5.75 Å². The number of rotatable bonds is 3. The largest absolute Gasteiger partial charge is 0.489 e. The zero-order valence-corrected chi connectivity index (χ0v) is 17.7. The van der Waals surface area contributed by atoms with Crippen LogP contribution in [-0.4, -0.2) is 19.0 Å². The second-order valence-electron chi connectivity index (χ2n) is 9.65. The molecule has 3 nitrogen and oxygen atoms in total. The molecule has 0 radical (unpaired) electrons. The quantitative estimate of drug-likeness (QED) is 0.622. The Hall–Kier alpha value is -2.10. The average molecular weight is 403 g/mol. The SMILES string of the molecule is C[C@]12CC[C@@H]3c4ccc(OCc5ccccc5)cc4CC[C@H]3[C@@H]1C=CC21OCCO1. The van der Waals surface area contributed by atoms with Crippen LogP contribution in [0.2, 0.25) is 0 Å². The Morgan fingerprint density at radius 2 is 1.87 bits per heavy atom. The number of benzene rings is 2. The third-order valence-electron chi connectivity index (χ3n) is 8.23. The molecule has 1 saturated heterocycles. The first-order chi connectivity index (χ1) is 14.7. The van der Waals surface area contributed by atoms with E-state index in [1.165, 1.54) is 24.0 Å². The first-order valence-electron chi connectivity index (χ1n) is 11.5. The second-order valence-corrected chi connectivity index (χ2v) is 9.65. The van der Waals surface area contributed by atoms with Crippen LogP contribution in [0.3, 0.4) is 0 Å². The summed E-state index contributed by atoms with van der Waals surface area (Å²) in [4.78, 5) is 0. The Balaban J connectivity index is 1.22. The van der Waals surface area contributed by atoms with Crippen molar-refractivity contribution < 1.29 is 14.2 Å². The van der Waals surface area contributed by atoms with E-state index in [2.05, 4.69) is 61.5 Å². The molecule has 1 saturated carbocycles. The summed E-state index contributed by atoms with van der Waals surface area (Å²) in [6, 6.07) is 17.2. The number of ether oxygens (including phenoxy) is 3. The Kier molecular flexibility index (Phi) is 4.33. The van der Waals surface area contributed by atoms with Crippen molar-refractivity contribution in [2.24, 2.45) is 17.3 Å². The van der Waals surface area contributed by atoms with E-state index in [1.807, 2.05) is 6.07 Å². The predicted molar refractivity (Wildman–Crippen MR) is 116 cm³/mol. The smallest absolute Gasteiger partial charge is 0.193 e. The molecule has 2 fully saturated rings. The Bertz CT molecular complexity index is 959. The summed E-state index contributed by atoms with van der Waals surface area (Å²) in [6.45, 7) is 4.46. The zero-order chi connectivity index (χ0) is 20.2. The molecule has 0 amide bonds. The Morgan fingerprint density at radius 3 is 2.70 bits per heavy atom. The van der Waals surface area contributed by atoms with E-state index in [9.17, 15) is 0 Å². The van der Waals surface area contributed by atoms with E-state index in [-0.39, 0.29) is 5.41 Å². The van der Waals surface area contributed by atoms with Crippen molar-refractivity contribution in [1.29, 1.82) is 0 Å². The Morgan fingerprint density at radius 1 is 1.03 bits per heavy atom. The highest BCUT2D eigenvalue weighted by Crippen LogP contribution is 2.63. The zero-order valence-electron chi connectivity index (χ0n) is 17.7. The molecule has 3 heteroatoms. The van der Waals surface area contributed by atoms with Gasteiger partial charge in [0.25, 0.3) is 0 Å². The third kappa shape index (κ3) is 2.72. The van der Waals surface area contributed by atoms with Gasteiger partial charge in [0.1, 0.15) is 12.4 Å². The average Bonchev–Trinajstić information content (AvgIpc) is 3.38. The molecule has 0 N–H and O–H groups in total. The van der Waals surface area contributed by atoms with Crippen LogP contribution in [0, 0.1) is 17.3 Å². The van der Waals surface area contributed by atoms with Gasteiger partial charge in [0.2, 0.25) is 0 Å². The number of fused-ring (bicyclic) bond motifs is 6. The molecule has 1 aliphatic heterocycles. The van der Waals surface area contributed by atoms with Crippen LogP contribution < -0.4 is 4.74 Å². The summed E-state index contributed by atoms with van der Waals surface area (Å²) in [5.41, 5.74) is 4.31. The van der Waals surface area contributed by atoms with E-state index in [4.69, 9.17) is 14.2 Å². The molecule has 1 spiro atoms. The maximum atomic E-state index is 6.18. The molecule has 1 heterocycles. The van der Waals surface area contributed by atoms with Crippen molar-refractivity contribution in [2.75, 3.05) is 13.2 Å². The molecule has 0 unspecified atom stereocenters. The van der Waals surface area contributed by atoms with E-state index >= 15 is 0 Å². The van der Waals surface area contributed by atoms with Crippen LogP contribution in [0.5, 0.6) is 5.75 Å². The van der Waals surface area contributed by atoms with Gasteiger partial charge in [-0.3, -0.25) is 0 Å². The van der Waals surface area contributed by atoms with Gasteiger partial charge in [-0.15, -0.1) is 0 Å². The fourth-order valence-electron chi connectivity index (χ4n) is 6.68. The van der Waals surface area contributed by atoms with E-state index in [1.54, 1.807) is 5.56 Å². The molecule has 0 aromatic heterocycles. The molecule has 156 valence electrons. The molecule has 6 rings (SSSR count). The molecular formula is C27H30O3. The van der Waals surface area contributed by atoms with Crippen molar-refractivity contribution in [3.63, 3.8) is 0 Å². The second kappa shape index (κ2) is 6.96. The molecule has 30 heavy (non-hydrogen) atoms. The summed E-state index contributed by atoms with van der Waals surface area (Å²) in [6.07, 6.45) is 9.39. The topological polar surface area (TPSA) is 27.7 Å². The number of hydrogen-bond donors (Lipinski definition) is 0. The molecule has 4 aliphatic rings. The van der Waals surface area contributed by atoms with Crippen molar-refractivity contribution in [3.05, 3.63) is 77.4 Å². The molecule has 2 aromatic rings. The van der Waals surface area contributed by atoms with Gasteiger partial charge in [0, 0.05) is 5.41 Å². The van der Waals surface area contributed by atoms with Gasteiger partial charge >= 0.3 is 0 Å².